The molecule has 0 N–H and O–H groups in total. The lowest BCUT2D eigenvalue weighted by Crippen LogP contribution is -2.22. The van der Waals surface area contributed by atoms with Crippen LogP contribution in [0.25, 0.3) is 0 Å². The van der Waals surface area contributed by atoms with Gasteiger partial charge >= 0.3 is 0 Å². The molecule has 0 aliphatic rings. The summed E-state index contributed by atoms with van der Waals surface area (Å²) in [5, 5.41) is 0. The summed E-state index contributed by atoms with van der Waals surface area (Å²) >= 11 is 0. The van der Waals surface area contributed by atoms with E-state index in [1.165, 1.54) is 0 Å². The molecule has 2 nitrogen and oxygen atoms in total. The van der Waals surface area contributed by atoms with Gasteiger partial charge in [0.2, 0.25) is 0 Å². The molecule has 0 saturated heterocycles. The number of ketones is 1. The van der Waals surface area contributed by atoms with Crippen LogP contribution in [0.5, 0.6) is 0 Å². The normalized spacial score (nSPS) is 12.4. The van der Waals surface area contributed by atoms with Crippen molar-refractivity contribution >= 4 is 5.78 Å². The maximum absolute atomic E-state index is 13.4. The third-order valence-corrected chi connectivity index (χ3v) is 2.68. The lowest BCUT2D eigenvalue weighted by molar-refractivity contribution is 0.0461. The van der Waals surface area contributed by atoms with Crippen molar-refractivity contribution in [3.63, 3.8) is 0 Å². The maximum Gasteiger partial charge on any atom is 0.194 e. The SMILES string of the molecule is CCCCCOC(C)C(=O)c1ccc(F)cc1F. The lowest BCUT2D eigenvalue weighted by atomic mass is 10.1. The molecule has 0 radical (unpaired) electrons. The highest BCUT2D eigenvalue weighted by molar-refractivity contribution is 5.99. The second-order valence-corrected chi connectivity index (χ2v) is 4.21. The monoisotopic (exact) mass is 256 g/mol. The molecule has 1 rings (SSSR count). The summed E-state index contributed by atoms with van der Waals surface area (Å²) in [5.74, 6) is -1.99. The topological polar surface area (TPSA) is 26.3 Å². The number of hydrogen-bond acceptors (Lipinski definition) is 2. The minimum absolute atomic E-state index is 0.126. The number of Topliss-reactive ketones (excluding diaryl/α,β-unsaturated/α-hetero) is 1. The van der Waals surface area contributed by atoms with Crippen LogP contribution in [-0.4, -0.2) is 18.5 Å². The minimum atomic E-state index is -0.844. The predicted octanol–water partition coefficient (Wildman–Crippen LogP) is 3.74. The summed E-state index contributed by atoms with van der Waals surface area (Å²) in [6, 6.07) is 2.93. The van der Waals surface area contributed by atoms with Gasteiger partial charge in [-0.1, -0.05) is 19.8 Å². The average molecular weight is 256 g/mol. The van der Waals surface area contributed by atoms with E-state index in [9.17, 15) is 13.6 Å². The van der Waals surface area contributed by atoms with Crippen LogP contribution in [0.4, 0.5) is 8.78 Å². The summed E-state index contributed by atoms with van der Waals surface area (Å²) in [6.07, 6.45) is 2.27. The molecule has 18 heavy (non-hydrogen) atoms. The van der Waals surface area contributed by atoms with E-state index in [0.717, 1.165) is 31.4 Å². The number of rotatable bonds is 7. The van der Waals surface area contributed by atoms with E-state index in [2.05, 4.69) is 6.92 Å². The van der Waals surface area contributed by atoms with Gasteiger partial charge in [0, 0.05) is 12.7 Å². The van der Waals surface area contributed by atoms with E-state index >= 15 is 0 Å². The van der Waals surface area contributed by atoms with Gasteiger partial charge in [0.25, 0.3) is 0 Å². The molecule has 100 valence electrons. The molecule has 0 amide bonds. The van der Waals surface area contributed by atoms with Gasteiger partial charge in [-0.05, 0) is 25.5 Å². The molecule has 0 aromatic heterocycles. The molecule has 4 heteroatoms. The zero-order chi connectivity index (χ0) is 13.5. The molecular weight excluding hydrogens is 238 g/mol. The molecule has 1 unspecified atom stereocenters. The number of benzene rings is 1. The van der Waals surface area contributed by atoms with Crippen LogP contribution in [0.2, 0.25) is 0 Å². The fraction of sp³-hybridized carbons (Fsp3) is 0.500. The zero-order valence-electron chi connectivity index (χ0n) is 10.7. The molecule has 0 fully saturated rings. The number of carbonyl (C=O) groups excluding carboxylic acids is 1. The van der Waals surface area contributed by atoms with Gasteiger partial charge < -0.3 is 4.74 Å². The van der Waals surface area contributed by atoms with Crippen LogP contribution in [0.3, 0.4) is 0 Å². The highest BCUT2D eigenvalue weighted by Gasteiger charge is 2.19. The number of halogens is 2. The summed E-state index contributed by atoms with van der Waals surface area (Å²) in [5.41, 5.74) is -0.126. The van der Waals surface area contributed by atoms with Gasteiger partial charge in [-0.25, -0.2) is 8.78 Å². The Labute approximate surface area is 106 Å². The Bertz CT molecular complexity index is 405. The third kappa shape index (κ3) is 4.18. The van der Waals surface area contributed by atoms with Gasteiger partial charge in [0.05, 0.1) is 5.56 Å². The first-order valence-corrected chi connectivity index (χ1v) is 6.17. The molecule has 0 spiro atoms. The van der Waals surface area contributed by atoms with E-state index < -0.39 is 23.5 Å². The Morgan fingerprint density at radius 2 is 2.06 bits per heavy atom. The molecule has 0 bridgehead atoms. The molecule has 0 aliphatic carbocycles. The van der Waals surface area contributed by atoms with Crippen LogP contribution in [0, 0.1) is 11.6 Å². The minimum Gasteiger partial charge on any atom is -0.370 e. The van der Waals surface area contributed by atoms with Crippen LogP contribution in [0.15, 0.2) is 18.2 Å². The Hall–Kier alpha value is -1.29. The van der Waals surface area contributed by atoms with Gasteiger partial charge in [-0.3, -0.25) is 4.79 Å². The highest BCUT2D eigenvalue weighted by atomic mass is 19.1. The quantitative estimate of drug-likeness (QED) is 0.548. The number of ether oxygens (including phenoxy) is 1. The smallest absolute Gasteiger partial charge is 0.194 e. The molecule has 0 saturated carbocycles. The fourth-order valence-electron chi connectivity index (χ4n) is 1.60. The van der Waals surface area contributed by atoms with Crippen molar-refractivity contribution < 1.29 is 18.3 Å². The summed E-state index contributed by atoms with van der Waals surface area (Å²) in [6.45, 7) is 4.13. The first-order chi connectivity index (χ1) is 8.56. The Morgan fingerprint density at radius 3 is 2.67 bits per heavy atom. The molecule has 0 aliphatic heterocycles. The average Bonchev–Trinajstić information content (AvgIpc) is 2.33. The van der Waals surface area contributed by atoms with Gasteiger partial charge in [0.15, 0.2) is 5.78 Å². The van der Waals surface area contributed by atoms with E-state index in [-0.39, 0.29) is 5.56 Å². The zero-order valence-corrected chi connectivity index (χ0v) is 10.7. The van der Waals surface area contributed by atoms with Crippen molar-refractivity contribution in [3.8, 4) is 0 Å². The van der Waals surface area contributed by atoms with Crippen molar-refractivity contribution in [2.45, 2.75) is 39.2 Å². The first-order valence-electron chi connectivity index (χ1n) is 6.17. The summed E-state index contributed by atoms with van der Waals surface area (Å²) in [4.78, 5) is 11.9. The van der Waals surface area contributed by atoms with E-state index in [1.807, 2.05) is 0 Å². The number of carbonyl (C=O) groups is 1. The Balaban J connectivity index is 2.57. The molecule has 1 aromatic carbocycles. The second kappa shape index (κ2) is 7.21. The Morgan fingerprint density at radius 1 is 1.33 bits per heavy atom. The van der Waals surface area contributed by atoms with Gasteiger partial charge in [-0.15, -0.1) is 0 Å². The van der Waals surface area contributed by atoms with Crippen LogP contribution in [0.1, 0.15) is 43.5 Å². The molecule has 0 heterocycles. The highest BCUT2D eigenvalue weighted by Crippen LogP contribution is 2.13. The van der Waals surface area contributed by atoms with E-state index in [0.29, 0.717) is 12.7 Å². The van der Waals surface area contributed by atoms with Gasteiger partial charge in [-0.2, -0.15) is 0 Å². The van der Waals surface area contributed by atoms with Crippen LogP contribution < -0.4 is 0 Å². The fourth-order valence-corrected chi connectivity index (χ4v) is 1.60. The summed E-state index contributed by atoms with van der Waals surface area (Å²) in [7, 11) is 0. The maximum atomic E-state index is 13.4. The molecule has 1 aromatic rings. The van der Waals surface area contributed by atoms with Crippen molar-refractivity contribution in [2.75, 3.05) is 6.61 Å². The summed E-state index contributed by atoms with van der Waals surface area (Å²) < 4.78 is 31.4. The predicted molar refractivity (Wildman–Crippen MR) is 65.6 cm³/mol. The van der Waals surface area contributed by atoms with Crippen molar-refractivity contribution in [2.24, 2.45) is 0 Å². The third-order valence-electron chi connectivity index (χ3n) is 2.68. The standard InChI is InChI=1S/C14H18F2O2/c1-3-4-5-8-18-10(2)14(17)12-7-6-11(15)9-13(12)16/h6-7,9-10H,3-5,8H2,1-2H3. The largest absolute Gasteiger partial charge is 0.370 e. The Kier molecular flexibility index (Phi) is 5.92. The van der Waals surface area contributed by atoms with Crippen molar-refractivity contribution in [3.05, 3.63) is 35.4 Å². The molecular formula is C14H18F2O2. The second-order valence-electron chi connectivity index (χ2n) is 4.21. The van der Waals surface area contributed by atoms with E-state index in [1.54, 1.807) is 6.92 Å². The number of unbranched alkanes of at least 4 members (excludes halogenated alkanes) is 2. The van der Waals surface area contributed by atoms with Crippen molar-refractivity contribution in [1.29, 1.82) is 0 Å². The van der Waals surface area contributed by atoms with Crippen molar-refractivity contribution in [1.82, 2.24) is 0 Å². The van der Waals surface area contributed by atoms with Crippen LogP contribution >= 0.6 is 0 Å². The van der Waals surface area contributed by atoms with E-state index in [4.69, 9.17) is 4.74 Å². The molecule has 1 atom stereocenters. The lowest BCUT2D eigenvalue weighted by Gasteiger charge is -2.12. The van der Waals surface area contributed by atoms with Crippen LogP contribution in [-0.2, 0) is 4.74 Å². The first kappa shape index (κ1) is 14.8. The van der Waals surface area contributed by atoms with Gasteiger partial charge in [0.1, 0.15) is 17.7 Å². The number of hydrogen-bond donors (Lipinski definition) is 0.